The van der Waals surface area contributed by atoms with Gasteiger partial charge in [0.15, 0.2) is 0 Å². The molecular weight excluding hydrogens is 330 g/mol. The van der Waals surface area contributed by atoms with Crippen molar-refractivity contribution in [3.05, 3.63) is 65.9 Å². The molecule has 0 saturated heterocycles. The number of nitrogens with one attached hydrogen (secondary N) is 1. The van der Waals surface area contributed by atoms with Gasteiger partial charge in [0, 0.05) is 23.7 Å². The van der Waals surface area contributed by atoms with Crippen LogP contribution in [-0.2, 0) is 0 Å². The number of benzene rings is 2. The maximum atomic E-state index is 5.10. The third-order valence-corrected chi connectivity index (χ3v) is 5.17. The molecule has 4 aromatic rings. The van der Waals surface area contributed by atoms with Crippen LogP contribution in [0.3, 0.4) is 0 Å². The molecule has 0 saturated carbocycles. The van der Waals surface area contributed by atoms with Gasteiger partial charge >= 0.3 is 0 Å². The van der Waals surface area contributed by atoms with E-state index in [0.29, 0.717) is 5.92 Å². The van der Waals surface area contributed by atoms with Crippen molar-refractivity contribution >= 4 is 22.2 Å². The van der Waals surface area contributed by atoms with Crippen molar-refractivity contribution < 1.29 is 0 Å². The first kappa shape index (κ1) is 17.6. The average molecular weight is 358 g/mol. The predicted octanol–water partition coefficient (Wildman–Crippen LogP) is 6.23. The molecule has 2 heterocycles. The molecule has 0 atom stereocenters. The molecule has 3 nitrogen and oxygen atoms in total. The van der Waals surface area contributed by atoms with E-state index in [9.17, 15) is 0 Å². The number of aromatic nitrogens is 2. The number of hydrogen-bond donors (Lipinski definition) is 1. The second-order valence-electron chi connectivity index (χ2n) is 7.83. The second-order valence-corrected chi connectivity index (χ2v) is 7.83. The van der Waals surface area contributed by atoms with E-state index < -0.39 is 0 Å². The Morgan fingerprint density at radius 3 is 2.63 bits per heavy atom. The summed E-state index contributed by atoms with van der Waals surface area (Å²) in [5.41, 5.74) is 5.78. The average Bonchev–Trinajstić information content (AvgIpc) is 3.00. The lowest BCUT2D eigenvalue weighted by Crippen LogP contribution is -2.07. The standard InChI is InChI=1S/C24H27N3/c1-16(2)11-13-25-24-22(20-10-9-17(3)15-18(20)4)26-23-21-8-6-5-7-19(21)12-14-27(23)24/h5-10,12,14-16,25H,11,13H2,1-4H3. The quantitative estimate of drug-likeness (QED) is 0.459. The minimum Gasteiger partial charge on any atom is -0.369 e. The fraction of sp³-hybridized carbons (Fsp3) is 0.292. The summed E-state index contributed by atoms with van der Waals surface area (Å²) in [6, 6.07) is 17.2. The maximum absolute atomic E-state index is 5.10. The molecule has 0 fully saturated rings. The van der Waals surface area contributed by atoms with Crippen molar-refractivity contribution in [3.8, 4) is 11.3 Å². The molecule has 2 aromatic heterocycles. The van der Waals surface area contributed by atoms with Crippen LogP contribution in [0.25, 0.3) is 27.7 Å². The normalized spacial score (nSPS) is 11.6. The molecule has 0 spiro atoms. The minimum absolute atomic E-state index is 0.669. The summed E-state index contributed by atoms with van der Waals surface area (Å²) in [6.45, 7) is 9.76. The monoisotopic (exact) mass is 357 g/mol. The van der Waals surface area contributed by atoms with Crippen LogP contribution in [0, 0.1) is 19.8 Å². The lowest BCUT2D eigenvalue weighted by Gasteiger charge is -2.12. The van der Waals surface area contributed by atoms with Crippen LogP contribution in [0.1, 0.15) is 31.4 Å². The Hall–Kier alpha value is -2.81. The van der Waals surface area contributed by atoms with E-state index in [1.165, 1.54) is 27.5 Å². The summed E-state index contributed by atoms with van der Waals surface area (Å²) in [5.74, 6) is 1.76. The van der Waals surface area contributed by atoms with Gasteiger partial charge in [0.25, 0.3) is 0 Å². The Kier molecular flexibility index (Phi) is 4.61. The van der Waals surface area contributed by atoms with E-state index in [1.807, 2.05) is 0 Å². The first-order valence-electron chi connectivity index (χ1n) is 9.76. The predicted molar refractivity (Wildman–Crippen MR) is 116 cm³/mol. The van der Waals surface area contributed by atoms with Crippen molar-refractivity contribution in [2.45, 2.75) is 34.1 Å². The van der Waals surface area contributed by atoms with Gasteiger partial charge in [-0.25, -0.2) is 4.98 Å². The third kappa shape index (κ3) is 3.30. The Balaban J connectivity index is 1.93. The summed E-state index contributed by atoms with van der Waals surface area (Å²) in [7, 11) is 0. The van der Waals surface area contributed by atoms with Crippen LogP contribution in [0.15, 0.2) is 54.7 Å². The van der Waals surface area contributed by atoms with E-state index >= 15 is 0 Å². The van der Waals surface area contributed by atoms with E-state index in [0.717, 1.165) is 30.1 Å². The topological polar surface area (TPSA) is 29.3 Å². The number of imidazole rings is 1. The minimum atomic E-state index is 0.669. The molecule has 0 aliphatic heterocycles. The molecule has 0 bridgehead atoms. The van der Waals surface area contributed by atoms with Gasteiger partial charge in [-0.2, -0.15) is 0 Å². The molecule has 1 N–H and O–H groups in total. The number of pyridine rings is 1. The molecular formula is C24H27N3. The first-order chi connectivity index (χ1) is 13.0. The number of rotatable bonds is 5. The lowest BCUT2D eigenvalue weighted by molar-refractivity contribution is 0.606. The highest BCUT2D eigenvalue weighted by Crippen LogP contribution is 2.34. The molecule has 4 rings (SSSR count). The van der Waals surface area contributed by atoms with Gasteiger partial charge in [-0.3, -0.25) is 4.40 Å². The fourth-order valence-electron chi connectivity index (χ4n) is 3.68. The Morgan fingerprint density at radius 1 is 1.04 bits per heavy atom. The summed E-state index contributed by atoms with van der Waals surface area (Å²) in [6.07, 6.45) is 3.27. The SMILES string of the molecule is Cc1ccc(-c2nc3c4ccccc4ccn3c2NCCC(C)C)c(C)c1. The Labute approximate surface area is 161 Å². The van der Waals surface area contributed by atoms with Crippen molar-refractivity contribution in [1.82, 2.24) is 9.38 Å². The van der Waals surface area contributed by atoms with Crippen molar-refractivity contribution in [3.63, 3.8) is 0 Å². The highest BCUT2D eigenvalue weighted by atomic mass is 15.1. The van der Waals surface area contributed by atoms with Gasteiger partial charge in [-0.15, -0.1) is 0 Å². The molecule has 138 valence electrons. The summed E-state index contributed by atoms with van der Waals surface area (Å²) in [4.78, 5) is 5.10. The van der Waals surface area contributed by atoms with Crippen LogP contribution in [0.2, 0.25) is 0 Å². The molecule has 0 unspecified atom stereocenters. The molecule has 0 radical (unpaired) electrons. The maximum Gasteiger partial charge on any atom is 0.147 e. The number of hydrogen-bond acceptors (Lipinski definition) is 2. The molecule has 0 aliphatic rings. The van der Waals surface area contributed by atoms with Crippen molar-refractivity contribution in [2.24, 2.45) is 5.92 Å². The molecule has 27 heavy (non-hydrogen) atoms. The number of nitrogens with zero attached hydrogens (tertiary/aromatic N) is 2. The van der Waals surface area contributed by atoms with Crippen LogP contribution in [-0.4, -0.2) is 15.9 Å². The van der Waals surface area contributed by atoms with Crippen molar-refractivity contribution in [1.29, 1.82) is 0 Å². The summed E-state index contributed by atoms with van der Waals surface area (Å²) in [5, 5.41) is 6.07. The van der Waals surface area contributed by atoms with Gasteiger partial charge in [0.1, 0.15) is 17.2 Å². The van der Waals surface area contributed by atoms with Crippen LogP contribution < -0.4 is 5.32 Å². The van der Waals surface area contributed by atoms with Gasteiger partial charge in [-0.05, 0) is 43.2 Å². The van der Waals surface area contributed by atoms with E-state index in [2.05, 4.69) is 92.1 Å². The molecule has 0 aliphatic carbocycles. The summed E-state index contributed by atoms with van der Waals surface area (Å²) < 4.78 is 2.21. The number of aryl methyl sites for hydroxylation is 2. The number of anilines is 1. The Morgan fingerprint density at radius 2 is 1.85 bits per heavy atom. The highest BCUT2D eigenvalue weighted by molar-refractivity contribution is 5.96. The molecule has 2 aromatic carbocycles. The number of fused-ring (bicyclic) bond motifs is 3. The second kappa shape index (κ2) is 7.07. The zero-order chi connectivity index (χ0) is 19.0. The van der Waals surface area contributed by atoms with Gasteiger partial charge in [0.05, 0.1) is 0 Å². The van der Waals surface area contributed by atoms with Crippen LogP contribution in [0.5, 0.6) is 0 Å². The summed E-state index contributed by atoms with van der Waals surface area (Å²) >= 11 is 0. The third-order valence-electron chi connectivity index (χ3n) is 5.17. The highest BCUT2D eigenvalue weighted by Gasteiger charge is 2.17. The zero-order valence-electron chi connectivity index (χ0n) is 16.6. The largest absolute Gasteiger partial charge is 0.369 e. The van der Waals surface area contributed by atoms with Crippen molar-refractivity contribution in [2.75, 3.05) is 11.9 Å². The van der Waals surface area contributed by atoms with E-state index in [-0.39, 0.29) is 0 Å². The zero-order valence-corrected chi connectivity index (χ0v) is 16.6. The Bertz CT molecular complexity index is 1110. The lowest BCUT2D eigenvalue weighted by atomic mass is 10.0. The van der Waals surface area contributed by atoms with Gasteiger partial charge in [-0.1, -0.05) is 61.9 Å². The smallest absolute Gasteiger partial charge is 0.147 e. The van der Waals surface area contributed by atoms with Gasteiger partial charge < -0.3 is 5.32 Å². The van der Waals surface area contributed by atoms with E-state index in [1.54, 1.807) is 0 Å². The van der Waals surface area contributed by atoms with Gasteiger partial charge in [0.2, 0.25) is 0 Å². The first-order valence-corrected chi connectivity index (χ1v) is 9.76. The molecule has 3 heteroatoms. The van der Waals surface area contributed by atoms with Crippen LogP contribution >= 0.6 is 0 Å². The van der Waals surface area contributed by atoms with E-state index in [4.69, 9.17) is 4.98 Å². The molecule has 0 amide bonds. The van der Waals surface area contributed by atoms with Crippen LogP contribution in [0.4, 0.5) is 5.82 Å². The fourth-order valence-corrected chi connectivity index (χ4v) is 3.68.